The number of hydrogen-bond acceptors (Lipinski definition) is 4. The van der Waals surface area contributed by atoms with E-state index in [9.17, 15) is 9.59 Å². The Hall–Kier alpha value is -2.66. The number of carbonyl (C=O) groups excluding carboxylic acids is 1. The molecule has 0 spiro atoms. The molecule has 2 aromatic carbocycles. The molecule has 4 rings (SSSR count). The second kappa shape index (κ2) is 7.53. The molecule has 0 saturated heterocycles. The molecule has 3 aromatic rings. The molecule has 1 aliphatic rings. The van der Waals surface area contributed by atoms with Crippen LogP contribution in [0.5, 0.6) is 0 Å². The summed E-state index contributed by atoms with van der Waals surface area (Å²) in [5.74, 6) is 0.786. The minimum absolute atomic E-state index is 0.00968. The van der Waals surface area contributed by atoms with Gasteiger partial charge in [-0.3, -0.25) is 9.36 Å². The molecule has 0 unspecified atom stereocenters. The fraction of sp³-hybridized carbons (Fsp3) is 0.227. The maximum atomic E-state index is 12.8. The number of hydrogen-bond donors (Lipinski definition) is 0. The first-order chi connectivity index (χ1) is 13.1. The molecule has 0 amide bonds. The van der Waals surface area contributed by atoms with E-state index in [2.05, 4.69) is 17.1 Å². The lowest BCUT2D eigenvalue weighted by Gasteiger charge is -2.15. The highest BCUT2D eigenvalue weighted by molar-refractivity contribution is 7.98. The normalized spacial score (nSPS) is 12.8. The maximum Gasteiger partial charge on any atom is 0.353 e. The number of nitrogens with zero attached hydrogens (tertiary/aromatic N) is 2. The third-order valence-electron chi connectivity index (χ3n) is 4.83. The number of ketones is 1. The van der Waals surface area contributed by atoms with Gasteiger partial charge in [-0.05, 0) is 43.9 Å². The van der Waals surface area contributed by atoms with Gasteiger partial charge in [-0.25, -0.2) is 4.79 Å². The molecule has 1 aliphatic carbocycles. The molecule has 0 atom stereocenters. The second-order valence-corrected chi connectivity index (χ2v) is 7.66. The van der Waals surface area contributed by atoms with Gasteiger partial charge >= 0.3 is 5.69 Å². The third-order valence-corrected chi connectivity index (χ3v) is 5.92. The monoisotopic (exact) mass is 376 g/mol. The summed E-state index contributed by atoms with van der Waals surface area (Å²) in [6.45, 7) is 1.54. The second-order valence-electron chi connectivity index (χ2n) is 6.69. The number of fused-ring (bicyclic) bond motifs is 1. The van der Waals surface area contributed by atoms with Gasteiger partial charge in [0.25, 0.3) is 0 Å². The zero-order chi connectivity index (χ0) is 18.8. The summed E-state index contributed by atoms with van der Waals surface area (Å²) < 4.78 is 1.68. The van der Waals surface area contributed by atoms with Crippen LogP contribution in [0.3, 0.4) is 0 Å². The van der Waals surface area contributed by atoms with Crippen LogP contribution in [0.15, 0.2) is 64.4 Å². The van der Waals surface area contributed by atoms with Crippen LogP contribution in [0.4, 0.5) is 0 Å². The highest BCUT2D eigenvalue weighted by atomic mass is 32.2. The number of Topliss-reactive ketones (excluding diaryl/α,β-unsaturated/α-hetero) is 1. The minimum atomic E-state index is -0.271. The average Bonchev–Trinajstić information content (AvgIpc) is 3.16. The summed E-state index contributed by atoms with van der Waals surface area (Å²) >= 11 is 1.63. The van der Waals surface area contributed by atoms with Crippen LogP contribution >= 0.6 is 11.8 Å². The van der Waals surface area contributed by atoms with Crippen LogP contribution in [0, 0.1) is 0 Å². The quantitative estimate of drug-likeness (QED) is 0.380. The van der Waals surface area contributed by atoms with Crippen LogP contribution in [-0.2, 0) is 18.6 Å². The Kier molecular flexibility index (Phi) is 4.94. The number of benzene rings is 2. The zero-order valence-corrected chi connectivity index (χ0v) is 16.0. The van der Waals surface area contributed by atoms with E-state index in [1.165, 1.54) is 18.1 Å². The number of rotatable bonds is 5. The Balaban J connectivity index is 1.73. The molecule has 0 N–H and O–H groups in total. The largest absolute Gasteiger partial charge is 0.353 e. The molecule has 0 saturated carbocycles. The molecule has 0 bridgehead atoms. The Morgan fingerprint density at radius 3 is 2.70 bits per heavy atom. The first-order valence-electron chi connectivity index (χ1n) is 9.06. The highest BCUT2D eigenvalue weighted by Gasteiger charge is 2.23. The van der Waals surface area contributed by atoms with Gasteiger partial charge in [-0.15, -0.1) is 11.8 Å². The zero-order valence-electron chi connectivity index (χ0n) is 15.1. The van der Waals surface area contributed by atoms with Crippen molar-refractivity contribution in [3.8, 4) is 5.69 Å². The smallest absolute Gasteiger partial charge is 0.295 e. The van der Waals surface area contributed by atoms with E-state index in [1.54, 1.807) is 28.5 Å². The molecule has 4 nitrogen and oxygen atoms in total. The molecule has 0 fully saturated rings. The van der Waals surface area contributed by atoms with Crippen molar-refractivity contribution in [1.82, 2.24) is 9.55 Å². The van der Waals surface area contributed by atoms with Gasteiger partial charge in [0.2, 0.25) is 0 Å². The van der Waals surface area contributed by atoms with Crippen molar-refractivity contribution in [3.63, 3.8) is 0 Å². The van der Waals surface area contributed by atoms with Crippen LogP contribution in [0.25, 0.3) is 5.69 Å². The summed E-state index contributed by atoms with van der Waals surface area (Å²) in [4.78, 5) is 29.0. The summed E-state index contributed by atoms with van der Waals surface area (Å²) in [6, 6.07) is 17.4. The van der Waals surface area contributed by atoms with Gasteiger partial charge in [-0.2, -0.15) is 4.98 Å². The fourth-order valence-corrected chi connectivity index (χ4v) is 4.53. The van der Waals surface area contributed by atoms with Crippen molar-refractivity contribution in [2.45, 2.75) is 37.0 Å². The molecular formula is C22H20N2O2S. The van der Waals surface area contributed by atoms with E-state index in [-0.39, 0.29) is 11.5 Å². The van der Waals surface area contributed by atoms with Gasteiger partial charge in [0, 0.05) is 22.6 Å². The maximum absolute atomic E-state index is 12.8. The molecular weight excluding hydrogens is 356 g/mol. The SMILES string of the molecule is CC(=O)c1cccc(-n2c3c(c(SCc4ccccc4)nc2=O)CCC3)c1. The van der Waals surface area contributed by atoms with E-state index in [0.717, 1.165) is 41.4 Å². The molecule has 1 heterocycles. The molecule has 5 heteroatoms. The first kappa shape index (κ1) is 17.7. The highest BCUT2D eigenvalue weighted by Crippen LogP contribution is 2.32. The molecule has 0 radical (unpaired) electrons. The Morgan fingerprint density at radius 1 is 1.11 bits per heavy atom. The van der Waals surface area contributed by atoms with Crippen molar-refractivity contribution < 1.29 is 4.79 Å². The van der Waals surface area contributed by atoms with E-state index < -0.39 is 0 Å². The van der Waals surface area contributed by atoms with E-state index in [4.69, 9.17) is 0 Å². The van der Waals surface area contributed by atoms with Gasteiger partial charge in [0.15, 0.2) is 5.78 Å². The van der Waals surface area contributed by atoms with Gasteiger partial charge in [0.1, 0.15) is 5.03 Å². The summed E-state index contributed by atoms with van der Waals surface area (Å²) in [5.41, 5.74) is 4.47. The van der Waals surface area contributed by atoms with Crippen molar-refractivity contribution in [1.29, 1.82) is 0 Å². The predicted molar refractivity (Wildman–Crippen MR) is 108 cm³/mol. The molecule has 136 valence electrons. The fourth-order valence-electron chi connectivity index (χ4n) is 3.50. The van der Waals surface area contributed by atoms with Crippen LogP contribution < -0.4 is 5.69 Å². The Bertz CT molecular complexity index is 1060. The lowest BCUT2D eigenvalue weighted by atomic mass is 10.1. The van der Waals surface area contributed by atoms with Crippen molar-refractivity contribution >= 4 is 17.5 Å². The topological polar surface area (TPSA) is 52.0 Å². The number of carbonyl (C=O) groups is 1. The lowest BCUT2D eigenvalue weighted by Crippen LogP contribution is -2.26. The summed E-state index contributed by atoms with van der Waals surface area (Å²) in [7, 11) is 0. The van der Waals surface area contributed by atoms with E-state index in [1.807, 2.05) is 30.3 Å². The molecule has 27 heavy (non-hydrogen) atoms. The molecule has 1 aromatic heterocycles. The number of aromatic nitrogens is 2. The van der Waals surface area contributed by atoms with Crippen molar-refractivity contribution in [2.75, 3.05) is 0 Å². The average molecular weight is 376 g/mol. The van der Waals surface area contributed by atoms with Crippen molar-refractivity contribution in [3.05, 3.63) is 87.5 Å². The summed E-state index contributed by atoms with van der Waals surface area (Å²) in [5, 5.41) is 0.843. The predicted octanol–water partition coefficient (Wildman–Crippen LogP) is 4.22. The van der Waals surface area contributed by atoms with Crippen LogP contribution in [0.1, 0.15) is 40.5 Å². The standard InChI is InChI=1S/C22H20N2O2S/c1-15(25)17-9-5-10-18(13-17)24-20-12-6-11-19(20)21(23-22(24)26)27-14-16-7-3-2-4-8-16/h2-5,7-10,13H,6,11-12,14H2,1H3. The molecule has 0 aliphatic heterocycles. The van der Waals surface area contributed by atoms with Crippen molar-refractivity contribution in [2.24, 2.45) is 0 Å². The van der Waals surface area contributed by atoms with E-state index >= 15 is 0 Å². The van der Waals surface area contributed by atoms with Gasteiger partial charge in [-0.1, -0.05) is 42.5 Å². The lowest BCUT2D eigenvalue weighted by molar-refractivity contribution is 0.101. The van der Waals surface area contributed by atoms with Crippen LogP contribution in [0.2, 0.25) is 0 Å². The van der Waals surface area contributed by atoms with Crippen LogP contribution in [-0.4, -0.2) is 15.3 Å². The van der Waals surface area contributed by atoms with Gasteiger partial charge in [0.05, 0.1) is 5.69 Å². The Morgan fingerprint density at radius 2 is 1.93 bits per heavy atom. The Labute approximate surface area is 162 Å². The third kappa shape index (κ3) is 3.60. The minimum Gasteiger partial charge on any atom is -0.295 e. The summed E-state index contributed by atoms with van der Waals surface area (Å²) in [6.07, 6.45) is 2.81. The van der Waals surface area contributed by atoms with E-state index in [0.29, 0.717) is 5.56 Å². The number of thioether (sulfide) groups is 1. The van der Waals surface area contributed by atoms with Gasteiger partial charge < -0.3 is 0 Å². The first-order valence-corrected chi connectivity index (χ1v) is 10.0.